The summed E-state index contributed by atoms with van der Waals surface area (Å²) in [5.41, 5.74) is 1.49. The van der Waals surface area contributed by atoms with Gasteiger partial charge in [-0.25, -0.2) is 0 Å². The third kappa shape index (κ3) is 7.29. The Balaban J connectivity index is 1.45. The van der Waals surface area contributed by atoms with Gasteiger partial charge in [0.25, 0.3) is 0 Å². The van der Waals surface area contributed by atoms with Crippen LogP contribution in [0.15, 0.2) is 65.6 Å². The molecule has 39 heavy (non-hydrogen) atoms. The van der Waals surface area contributed by atoms with Gasteiger partial charge in [-0.1, -0.05) is 46.9 Å². The van der Waals surface area contributed by atoms with Crippen molar-refractivity contribution >= 4 is 86.2 Å². The average Bonchev–Trinajstić information content (AvgIpc) is 3.41. The van der Waals surface area contributed by atoms with E-state index in [0.29, 0.717) is 21.2 Å². The molecule has 1 saturated carbocycles. The van der Waals surface area contributed by atoms with Gasteiger partial charge >= 0.3 is 6.18 Å². The number of ketones is 1. The molecule has 0 aliphatic heterocycles. The lowest BCUT2D eigenvalue weighted by Crippen LogP contribution is -2.18. The van der Waals surface area contributed by atoms with E-state index in [1.54, 1.807) is 18.2 Å². The van der Waals surface area contributed by atoms with Gasteiger partial charge in [-0.15, -0.1) is 23.2 Å². The van der Waals surface area contributed by atoms with Crippen LogP contribution in [0.4, 0.5) is 18.9 Å². The predicted molar refractivity (Wildman–Crippen MR) is 149 cm³/mol. The summed E-state index contributed by atoms with van der Waals surface area (Å²) in [4.78, 5) is 26.0. The van der Waals surface area contributed by atoms with Crippen LogP contribution in [0.5, 0.6) is 0 Å². The van der Waals surface area contributed by atoms with E-state index in [2.05, 4.69) is 5.32 Å². The van der Waals surface area contributed by atoms with Gasteiger partial charge in [-0.05, 0) is 59.7 Å². The molecule has 206 valence electrons. The van der Waals surface area contributed by atoms with Gasteiger partial charge in [0, 0.05) is 38.5 Å². The summed E-state index contributed by atoms with van der Waals surface area (Å²) < 4.78 is 47.9. The monoisotopic (exact) mass is 655 g/mol. The fourth-order valence-corrected chi connectivity index (χ4v) is 6.63. The molecule has 3 unspecified atom stereocenters. The minimum absolute atomic E-state index is 0.000601. The van der Waals surface area contributed by atoms with Crippen molar-refractivity contribution in [2.75, 3.05) is 11.1 Å². The maximum Gasteiger partial charge on any atom is 0.400 e. The van der Waals surface area contributed by atoms with E-state index in [1.807, 2.05) is 0 Å². The van der Waals surface area contributed by atoms with Crippen LogP contribution in [0, 0.1) is 5.92 Å². The molecule has 1 fully saturated rings. The average molecular weight is 658 g/mol. The molecule has 0 radical (unpaired) electrons. The molecule has 0 saturated heterocycles. The first-order valence-corrected chi connectivity index (χ1v) is 14.4. The van der Waals surface area contributed by atoms with Crippen molar-refractivity contribution in [1.29, 1.82) is 0 Å². The summed E-state index contributed by atoms with van der Waals surface area (Å²) >= 11 is 31.2. The minimum Gasteiger partial charge on any atom is -0.326 e. The lowest BCUT2D eigenvalue weighted by molar-refractivity contribution is -0.117. The van der Waals surface area contributed by atoms with Crippen LogP contribution in [0.2, 0.25) is 15.1 Å². The summed E-state index contributed by atoms with van der Waals surface area (Å²) in [5.74, 6) is -3.71. The highest BCUT2D eigenvalue weighted by Crippen LogP contribution is 2.65. The van der Waals surface area contributed by atoms with Gasteiger partial charge in [0.05, 0.1) is 21.7 Å². The number of hydrogen-bond acceptors (Lipinski definition) is 3. The molecule has 0 bridgehead atoms. The van der Waals surface area contributed by atoms with Crippen molar-refractivity contribution in [3.05, 3.63) is 92.4 Å². The van der Waals surface area contributed by atoms with Gasteiger partial charge in [0.2, 0.25) is 5.91 Å². The van der Waals surface area contributed by atoms with Crippen LogP contribution >= 0.6 is 58.0 Å². The first-order valence-electron chi connectivity index (χ1n) is 11.2. The highest BCUT2D eigenvalue weighted by Gasteiger charge is 2.67. The Morgan fingerprint density at radius 1 is 0.923 bits per heavy atom. The largest absolute Gasteiger partial charge is 0.400 e. The molecule has 4 nitrogen and oxygen atoms in total. The summed E-state index contributed by atoms with van der Waals surface area (Å²) in [6.45, 7) is 0. The second-order valence-electron chi connectivity index (χ2n) is 8.87. The van der Waals surface area contributed by atoms with Crippen LogP contribution in [-0.4, -0.2) is 32.2 Å². The van der Waals surface area contributed by atoms with E-state index in [0.717, 1.165) is 0 Å². The Hall–Kier alpha value is -1.81. The van der Waals surface area contributed by atoms with Crippen LogP contribution < -0.4 is 5.32 Å². The molecule has 3 aromatic carbocycles. The highest BCUT2D eigenvalue weighted by atomic mass is 35.5. The summed E-state index contributed by atoms with van der Waals surface area (Å²) in [7, 11) is -2.25. The van der Waals surface area contributed by atoms with Crippen molar-refractivity contribution in [2.45, 2.75) is 27.7 Å². The number of halogens is 8. The molecule has 13 heteroatoms. The quantitative estimate of drug-likeness (QED) is 0.196. The van der Waals surface area contributed by atoms with E-state index in [9.17, 15) is 27.0 Å². The zero-order valence-corrected chi connectivity index (χ0v) is 24.1. The minimum atomic E-state index is -4.56. The van der Waals surface area contributed by atoms with Gasteiger partial charge in [0.1, 0.15) is 10.1 Å². The Morgan fingerprint density at radius 2 is 1.54 bits per heavy atom. The molecule has 0 aromatic heterocycles. The Morgan fingerprint density at radius 3 is 2.13 bits per heavy atom. The molecule has 3 aromatic rings. The molecular weight excluding hydrogens is 641 g/mol. The van der Waals surface area contributed by atoms with Crippen molar-refractivity contribution in [3.8, 4) is 0 Å². The number of benzene rings is 3. The molecule has 1 aliphatic carbocycles. The first kappa shape index (κ1) is 30.2. The van der Waals surface area contributed by atoms with Crippen molar-refractivity contribution in [3.63, 3.8) is 0 Å². The van der Waals surface area contributed by atoms with Crippen LogP contribution in [0.3, 0.4) is 0 Å². The second-order valence-corrected chi connectivity index (χ2v) is 13.0. The molecular formula is C26H17Cl5F3NO3S. The lowest BCUT2D eigenvalue weighted by atomic mass is 10.0. The molecule has 0 spiro atoms. The number of nitrogens with one attached hydrogen (secondary N) is 1. The fourth-order valence-electron chi connectivity index (χ4n) is 4.13. The maximum absolute atomic E-state index is 13.0. The number of anilines is 1. The third-order valence-electron chi connectivity index (χ3n) is 5.96. The summed E-state index contributed by atoms with van der Waals surface area (Å²) in [5, 5.41) is 3.59. The van der Waals surface area contributed by atoms with Crippen molar-refractivity contribution in [2.24, 2.45) is 5.92 Å². The molecule has 3 atom stereocenters. The third-order valence-corrected chi connectivity index (χ3v) is 9.05. The second kappa shape index (κ2) is 11.6. The van der Waals surface area contributed by atoms with Crippen LogP contribution in [0.1, 0.15) is 27.4 Å². The smallest absolute Gasteiger partial charge is 0.326 e. The highest BCUT2D eigenvalue weighted by molar-refractivity contribution is 7.85. The maximum atomic E-state index is 13.0. The van der Waals surface area contributed by atoms with Crippen molar-refractivity contribution < 1.29 is 27.0 Å². The van der Waals surface area contributed by atoms with E-state index < -0.39 is 50.6 Å². The van der Waals surface area contributed by atoms with Crippen LogP contribution in [-0.2, 0) is 22.0 Å². The topological polar surface area (TPSA) is 63.2 Å². The number of carbonyl (C=O) groups excluding carboxylic acids is 2. The predicted octanol–water partition coefficient (Wildman–Crippen LogP) is 8.27. The zero-order chi connectivity index (χ0) is 28.7. The SMILES string of the molecule is O=C(Cc1ccc(S(=O)CC(F)(F)F)cc1)c1cc(NC(=O)C2C(c3cc(Cl)cc(Cl)c3)C2(Cl)Cl)ccc1Cl. The van der Waals surface area contributed by atoms with Gasteiger partial charge in [-0.2, -0.15) is 13.2 Å². The molecule has 1 N–H and O–H groups in total. The normalized spacial score (nSPS) is 18.9. The van der Waals surface area contributed by atoms with E-state index in [1.165, 1.54) is 42.5 Å². The summed E-state index contributed by atoms with van der Waals surface area (Å²) in [6.07, 6.45) is -4.69. The number of amides is 1. The first-order chi connectivity index (χ1) is 18.2. The summed E-state index contributed by atoms with van der Waals surface area (Å²) in [6, 6.07) is 14.6. The van der Waals surface area contributed by atoms with Crippen molar-refractivity contribution in [1.82, 2.24) is 0 Å². The van der Waals surface area contributed by atoms with Gasteiger partial charge in [-0.3, -0.25) is 13.8 Å². The number of rotatable bonds is 8. The molecule has 4 rings (SSSR count). The van der Waals surface area contributed by atoms with Gasteiger partial charge in [0.15, 0.2) is 5.78 Å². The number of hydrogen-bond donors (Lipinski definition) is 1. The number of alkyl halides is 5. The van der Waals surface area contributed by atoms with E-state index in [4.69, 9.17) is 58.0 Å². The lowest BCUT2D eigenvalue weighted by Gasteiger charge is -2.10. The van der Waals surface area contributed by atoms with Gasteiger partial charge < -0.3 is 5.32 Å². The Bertz CT molecular complexity index is 1440. The standard InChI is InChI=1S/C26H17Cl5F3NO3S/c27-15-8-14(9-16(28)10-15)22-23(26(22,30)31)24(37)35-17-3-6-20(29)19(11-17)21(36)7-13-1-4-18(5-2-13)39(38)12-25(32,33)34/h1-6,8-11,22-23H,7,12H2,(H,35,37). The fraction of sp³-hybridized carbons (Fsp3) is 0.231. The van der Waals surface area contributed by atoms with Crippen LogP contribution in [0.25, 0.3) is 0 Å². The van der Waals surface area contributed by atoms with E-state index in [-0.39, 0.29) is 27.6 Å². The van der Waals surface area contributed by atoms with E-state index >= 15 is 0 Å². The molecule has 0 heterocycles. The number of carbonyl (C=O) groups is 2. The zero-order valence-electron chi connectivity index (χ0n) is 19.5. The number of Topliss-reactive ketones (excluding diaryl/α,β-unsaturated/α-hetero) is 1. The Labute approximate surface area is 249 Å². The molecule has 1 aliphatic rings. The Kier molecular flexibility index (Phi) is 8.96. The molecule has 1 amide bonds.